The van der Waals surface area contributed by atoms with E-state index in [0.717, 1.165) is 5.56 Å². The molecule has 0 aliphatic carbocycles. The molecule has 1 atom stereocenters. The lowest BCUT2D eigenvalue weighted by Crippen LogP contribution is -2.26. The van der Waals surface area contributed by atoms with Crippen molar-refractivity contribution in [1.82, 2.24) is 5.32 Å². The number of carbonyl (C=O) groups is 2. The topological polar surface area (TPSA) is 78.8 Å². The Balaban J connectivity index is 1.62. The number of aromatic carboxylic acids is 1. The molecule has 0 aromatic heterocycles. The molecule has 2 N–H and O–H groups in total. The molecule has 1 aliphatic rings. The molecule has 1 unspecified atom stereocenters. The standard InChI is InChI=1S/C19H17FN2O3S/c1-19(14-6-4-13(5-7-14)16(23)24)17(25)22-18(26-19)21-11-10-12-2-8-15(20)9-3-12/h2-9H,10-11H2,1H3,(H,23,24)(H,21,22,25). The van der Waals surface area contributed by atoms with E-state index in [-0.39, 0.29) is 17.3 Å². The zero-order valence-corrected chi connectivity index (χ0v) is 14.8. The van der Waals surface area contributed by atoms with Crippen molar-refractivity contribution in [1.29, 1.82) is 0 Å². The number of hydrogen-bond donors (Lipinski definition) is 2. The third-order valence-corrected chi connectivity index (χ3v) is 5.45. The molecule has 0 bridgehead atoms. The number of carboxylic acids is 1. The van der Waals surface area contributed by atoms with Crippen LogP contribution in [-0.4, -0.2) is 28.7 Å². The van der Waals surface area contributed by atoms with Crippen LogP contribution in [0.2, 0.25) is 0 Å². The Morgan fingerprint density at radius 3 is 2.46 bits per heavy atom. The number of rotatable bonds is 5. The first-order valence-corrected chi connectivity index (χ1v) is 8.84. The lowest BCUT2D eigenvalue weighted by molar-refractivity contribution is -0.119. The summed E-state index contributed by atoms with van der Waals surface area (Å²) >= 11 is 1.31. The maximum atomic E-state index is 12.9. The van der Waals surface area contributed by atoms with Crippen molar-refractivity contribution in [3.05, 3.63) is 71.0 Å². The van der Waals surface area contributed by atoms with Crippen LogP contribution in [0.1, 0.15) is 28.4 Å². The minimum absolute atomic E-state index is 0.173. The van der Waals surface area contributed by atoms with Gasteiger partial charge in [-0.3, -0.25) is 4.79 Å². The first-order valence-electron chi connectivity index (χ1n) is 8.03. The highest BCUT2D eigenvalue weighted by atomic mass is 32.2. The SMILES string of the molecule is CC1(c2ccc(C(=O)O)cc2)SC(NCCc2ccc(F)cc2)=NC1=O. The second-order valence-corrected chi connectivity index (χ2v) is 7.45. The van der Waals surface area contributed by atoms with Crippen LogP contribution in [0.3, 0.4) is 0 Å². The van der Waals surface area contributed by atoms with Gasteiger partial charge in [0, 0.05) is 6.54 Å². The lowest BCUT2D eigenvalue weighted by Gasteiger charge is -2.20. The summed E-state index contributed by atoms with van der Waals surface area (Å²) in [5, 5.41) is 12.6. The average molecular weight is 372 g/mol. The Morgan fingerprint density at radius 1 is 1.19 bits per heavy atom. The zero-order valence-electron chi connectivity index (χ0n) is 14.0. The molecule has 1 heterocycles. The number of aliphatic imine (C=N–C) groups is 1. The highest BCUT2D eigenvalue weighted by molar-refractivity contribution is 8.15. The van der Waals surface area contributed by atoms with Gasteiger partial charge in [0.05, 0.1) is 5.56 Å². The summed E-state index contributed by atoms with van der Waals surface area (Å²) in [6, 6.07) is 12.5. The Labute approximate surface area is 154 Å². The molecule has 1 amide bonds. The van der Waals surface area contributed by atoms with Gasteiger partial charge in [0.25, 0.3) is 5.91 Å². The number of amides is 1. The van der Waals surface area contributed by atoms with Gasteiger partial charge in [0.1, 0.15) is 10.6 Å². The molecule has 7 heteroatoms. The second-order valence-electron chi connectivity index (χ2n) is 6.04. The number of benzene rings is 2. The van der Waals surface area contributed by atoms with Crippen LogP contribution in [0.25, 0.3) is 0 Å². The van der Waals surface area contributed by atoms with Crippen LogP contribution in [0.15, 0.2) is 53.5 Å². The molecule has 3 rings (SSSR count). The molecule has 2 aromatic rings. The van der Waals surface area contributed by atoms with Gasteiger partial charge in [-0.15, -0.1) is 0 Å². The number of carboxylic acid groups (broad SMARTS) is 1. The predicted molar refractivity (Wildman–Crippen MR) is 98.9 cm³/mol. The van der Waals surface area contributed by atoms with E-state index in [4.69, 9.17) is 5.11 Å². The van der Waals surface area contributed by atoms with Gasteiger partial charge >= 0.3 is 5.97 Å². The van der Waals surface area contributed by atoms with E-state index < -0.39 is 10.7 Å². The van der Waals surface area contributed by atoms with Gasteiger partial charge in [0.15, 0.2) is 5.17 Å². The zero-order chi connectivity index (χ0) is 18.7. The van der Waals surface area contributed by atoms with E-state index in [1.54, 1.807) is 31.2 Å². The molecular formula is C19H17FN2O3S. The molecule has 0 radical (unpaired) electrons. The first kappa shape index (κ1) is 18.1. The van der Waals surface area contributed by atoms with Gasteiger partial charge in [-0.2, -0.15) is 4.99 Å². The summed E-state index contributed by atoms with van der Waals surface area (Å²) in [7, 11) is 0. The summed E-state index contributed by atoms with van der Waals surface area (Å²) in [4.78, 5) is 27.4. The maximum absolute atomic E-state index is 12.9. The Morgan fingerprint density at radius 2 is 1.85 bits per heavy atom. The largest absolute Gasteiger partial charge is 0.478 e. The normalized spacial score (nSPS) is 19.3. The molecule has 134 valence electrons. The fourth-order valence-corrected chi connectivity index (χ4v) is 3.69. The third kappa shape index (κ3) is 3.77. The van der Waals surface area contributed by atoms with Gasteiger partial charge in [-0.05, 0) is 48.7 Å². The van der Waals surface area contributed by atoms with E-state index in [2.05, 4.69) is 10.3 Å². The quantitative estimate of drug-likeness (QED) is 0.843. The molecule has 26 heavy (non-hydrogen) atoms. The van der Waals surface area contributed by atoms with E-state index >= 15 is 0 Å². The molecule has 0 fully saturated rings. The number of halogens is 1. The van der Waals surface area contributed by atoms with Crippen molar-refractivity contribution in [2.45, 2.75) is 18.1 Å². The van der Waals surface area contributed by atoms with Gasteiger partial charge < -0.3 is 10.4 Å². The number of carbonyl (C=O) groups excluding carboxylic acids is 1. The van der Waals surface area contributed by atoms with Crippen molar-refractivity contribution in [3.63, 3.8) is 0 Å². The number of nitrogens with one attached hydrogen (secondary N) is 1. The summed E-state index contributed by atoms with van der Waals surface area (Å²) in [5.41, 5.74) is 1.86. The average Bonchev–Trinajstić information content (AvgIpc) is 2.92. The number of thioether (sulfide) groups is 1. The molecule has 0 saturated carbocycles. The van der Waals surface area contributed by atoms with Crippen LogP contribution >= 0.6 is 11.8 Å². The molecular weight excluding hydrogens is 355 g/mol. The minimum Gasteiger partial charge on any atom is -0.478 e. The smallest absolute Gasteiger partial charge is 0.335 e. The lowest BCUT2D eigenvalue weighted by atomic mass is 9.98. The summed E-state index contributed by atoms with van der Waals surface area (Å²) in [6.07, 6.45) is 0.679. The minimum atomic E-state index is -1.01. The van der Waals surface area contributed by atoms with Crippen LogP contribution in [0.4, 0.5) is 4.39 Å². The Kier molecular flexibility index (Phi) is 5.08. The maximum Gasteiger partial charge on any atom is 0.335 e. The van der Waals surface area contributed by atoms with E-state index in [1.807, 2.05) is 0 Å². The summed E-state index contributed by atoms with van der Waals surface area (Å²) < 4.78 is 12.0. The van der Waals surface area contributed by atoms with Crippen LogP contribution in [-0.2, 0) is 16.0 Å². The van der Waals surface area contributed by atoms with Crippen molar-refractivity contribution in [2.75, 3.05) is 6.54 Å². The highest BCUT2D eigenvalue weighted by Gasteiger charge is 2.42. The molecule has 5 nitrogen and oxygen atoms in total. The summed E-state index contributed by atoms with van der Waals surface area (Å²) in [6.45, 7) is 2.34. The van der Waals surface area contributed by atoms with E-state index in [9.17, 15) is 14.0 Å². The Hall–Kier alpha value is -2.67. The number of amidine groups is 1. The van der Waals surface area contributed by atoms with Gasteiger partial charge in [0.2, 0.25) is 0 Å². The first-order chi connectivity index (χ1) is 12.4. The van der Waals surface area contributed by atoms with Gasteiger partial charge in [-0.25, -0.2) is 9.18 Å². The van der Waals surface area contributed by atoms with Crippen LogP contribution in [0, 0.1) is 5.82 Å². The third-order valence-electron chi connectivity index (χ3n) is 4.20. The van der Waals surface area contributed by atoms with Crippen molar-refractivity contribution in [3.8, 4) is 0 Å². The molecule has 1 aliphatic heterocycles. The monoisotopic (exact) mass is 372 g/mol. The highest BCUT2D eigenvalue weighted by Crippen LogP contribution is 2.42. The second kappa shape index (κ2) is 7.29. The van der Waals surface area contributed by atoms with Crippen molar-refractivity contribution >= 4 is 28.8 Å². The predicted octanol–water partition coefficient (Wildman–Crippen LogP) is 3.20. The molecule has 2 aromatic carbocycles. The van der Waals surface area contributed by atoms with E-state index in [1.165, 1.54) is 36.0 Å². The fraction of sp³-hybridized carbons (Fsp3) is 0.211. The van der Waals surface area contributed by atoms with Crippen LogP contribution in [0.5, 0.6) is 0 Å². The van der Waals surface area contributed by atoms with Crippen LogP contribution < -0.4 is 5.32 Å². The molecule has 0 spiro atoms. The number of nitrogens with zero attached hydrogens (tertiary/aromatic N) is 1. The fourth-order valence-electron chi connectivity index (χ4n) is 2.61. The summed E-state index contributed by atoms with van der Waals surface area (Å²) in [5.74, 6) is -1.56. The molecule has 0 saturated heterocycles. The van der Waals surface area contributed by atoms with Crippen molar-refractivity contribution in [2.24, 2.45) is 4.99 Å². The van der Waals surface area contributed by atoms with E-state index in [0.29, 0.717) is 23.7 Å². The number of hydrogen-bond acceptors (Lipinski definition) is 4. The van der Waals surface area contributed by atoms with Gasteiger partial charge in [-0.1, -0.05) is 36.0 Å². The Bertz CT molecular complexity index is 865. The van der Waals surface area contributed by atoms with Crippen molar-refractivity contribution < 1.29 is 19.1 Å².